The first-order valence-electron chi connectivity index (χ1n) is 7.68. The first-order chi connectivity index (χ1) is 11.5. The lowest BCUT2D eigenvalue weighted by Crippen LogP contribution is -2.28. The molecule has 0 bridgehead atoms. The maximum atomic E-state index is 12.5. The van der Waals surface area contributed by atoms with Gasteiger partial charge in [0.15, 0.2) is 5.82 Å². The third-order valence-corrected chi connectivity index (χ3v) is 3.68. The summed E-state index contributed by atoms with van der Waals surface area (Å²) in [5.41, 5.74) is 3.06. The van der Waals surface area contributed by atoms with E-state index in [1.165, 1.54) is 0 Å². The minimum absolute atomic E-state index is 0.213. The van der Waals surface area contributed by atoms with E-state index in [1.54, 1.807) is 13.0 Å². The van der Waals surface area contributed by atoms with Gasteiger partial charge in [0.1, 0.15) is 0 Å². The number of amides is 1. The number of pyridine rings is 1. The standard InChI is InChI=1S/C18H18N4O2/c1-11-15(9-10-16(19-11)14-7-5-4-6-8-14)18(23)20-12(2)17-21-13(3)24-22-17/h4-10,12H,1-3H3,(H,20,23)/t12-/m1/s1. The second-order valence-corrected chi connectivity index (χ2v) is 5.56. The van der Waals surface area contributed by atoms with Crippen LogP contribution in [0.2, 0.25) is 0 Å². The van der Waals surface area contributed by atoms with Gasteiger partial charge in [-0.05, 0) is 26.0 Å². The average Bonchev–Trinajstić information content (AvgIpc) is 3.02. The molecule has 1 N–H and O–H groups in total. The highest BCUT2D eigenvalue weighted by Gasteiger charge is 2.18. The van der Waals surface area contributed by atoms with Gasteiger partial charge in [0, 0.05) is 12.5 Å². The SMILES string of the molecule is Cc1nc([C@@H](C)NC(=O)c2ccc(-c3ccccc3)nc2C)no1. The van der Waals surface area contributed by atoms with Crippen molar-refractivity contribution in [2.45, 2.75) is 26.8 Å². The van der Waals surface area contributed by atoms with Crippen LogP contribution >= 0.6 is 0 Å². The Morgan fingerprint density at radius 3 is 2.46 bits per heavy atom. The van der Waals surface area contributed by atoms with E-state index >= 15 is 0 Å². The number of benzene rings is 1. The lowest BCUT2D eigenvalue weighted by atomic mass is 10.1. The molecule has 0 saturated carbocycles. The van der Waals surface area contributed by atoms with E-state index in [0.29, 0.717) is 23.0 Å². The molecule has 3 rings (SSSR count). The molecule has 3 aromatic rings. The Bertz CT molecular complexity index is 858. The summed E-state index contributed by atoms with van der Waals surface area (Å²) in [7, 11) is 0. The molecule has 0 unspecified atom stereocenters. The molecule has 0 aliphatic carbocycles. The van der Waals surface area contributed by atoms with Gasteiger partial charge >= 0.3 is 0 Å². The fraction of sp³-hybridized carbons (Fsp3) is 0.222. The van der Waals surface area contributed by atoms with Gasteiger partial charge < -0.3 is 9.84 Å². The Morgan fingerprint density at radius 2 is 1.83 bits per heavy atom. The van der Waals surface area contributed by atoms with Gasteiger partial charge in [0.25, 0.3) is 5.91 Å². The van der Waals surface area contributed by atoms with Crippen LogP contribution in [0.15, 0.2) is 47.0 Å². The molecule has 0 aliphatic heterocycles. The van der Waals surface area contributed by atoms with E-state index < -0.39 is 0 Å². The lowest BCUT2D eigenvalue weighted by molar-refractivity contribution is 0.0937. The van der Waals surface area contributed by atoms with E-state index in [4.69, 9.17) is 4.52 Å². The molecule has 2 aromatic heterocycles. The number of hydrogen-bond acceptors (Lipinski definition) is 5. The average molecular weight is 322 g/mol. The molecule has 0 radical (unpaired) electrons. The molecule has 0 fully saturated rings. The molecular weight excluding hydrogens is 304 g/mol. The summed E-state index contributed by atoms with van der Waals surface area (Å²) in [6.07, 6.45) is 0. The molecule has 1 aromatic carbocycles. The predicted octanol–water partition coefficient (Wildman–Crippen LogP) is 3.24. The fourth-order valence-electron chi connectivity index (χ4n) is 2.40. The van der Waals surface area contributed by atoms with Crippen molar-refractivity contribution < 1.29 is 9.32 Å². The van der Waals surface area contributed by atoms with Crippen LogP contribution in [0.1, 0.15) is 40.7 Å². The Labute approximate surface area is 139 Å². The maximum absolute atomic E-state index is 12.5. The van der Waals surface area contributed by atoms with Crippen LogP contribution < -0.4 is 5.32 Å². The van der Waals surface area contributed by atoms with E-state index in [2.05, 4.69) is 20.4 Å². The largest absolute Gasteiger partial charge is 0.342 e. The van der Waals surface area contributed by atoms with Crippen LogP contribution in [0, 0.1) is 13.8 Å². The molecule has 6 heteroatoms. The second kappa shape index (κ2) is 6.62. The lowest BCUT2D eigenvalue weighted by Gasteiger charge is -2.12. The maximum Gasteiger partial charge on any atom is 0.253 e. The molecular formula is C18H18N4O2. The number of nitrogens with one attached hydrogen (secondary N) is 1. The van der Waals surface area contributed by atoms with Crippen LogP contribution in [-0.2, 0) is 0 Å². The fourth-order valence-corrected chi connectivity index (χ4v) is 2.40. The topological polar surface area (TPSA) is 80.9 Å². The summed E-state index contributed by atoms with van der Waals surface area (Å²) in [6.45, 7) is 5.34. The van der Waals surface area contributed by atoms with E-state index in [0.717, 1.165) is 11.3 Å². The zero-order valence-electron chi connectivity index (χ0n) is 13.8. The molecule has 6 nitrogen and oxygen atoms in total. The van der Waals surface area contributed by atoms with E-state index in [9.17, 15) is 4.79 Å². The second-order valence-electron chi connectivity index (χ2n) is 5.56. The summed E-state index contributed by atoms with van der Waals surface area (Å²) in [6, 6.07) is 13.1. The summed E-state index contributed by atoms with van der Waals surface area (Å²) in [5.74, 6) is 0.707. The van der Waals surface area contributed by atoms with E-state index in [1.807, 2.05) is 50.2 Å². The quantitative estimate of drug-likeness (QED) is 0.797. The van der Waals surface area contributed by atoms with Crippen molar-refractivity contribution in [3.63, 3.8) is 0 Å². The van der Waals surface area contributed by atoms with E-state index in [-0.39, 0.29) is 11.9 Å². The molecule has 2 heterocycles. The molecule has 0 saturated heterocycles. The van der Waals surface area contributed by atoms with Crippen LogP contribution in [0.4, 0.5) is 0 Å². The predicted molar refractivity (Wildman–Crippen MR) is 89.3 cm³/mol. The molecule has 122 valence electrons. The number of rotatable bonds is 4. The first kappa shape index (κ1) is 15.9. The monoisotopic (exact) mass is 322 g/mol. The van der Waals surface area contributed by atoms with Gasteiger partial charge in [0.05, 0.1) is 23.0 Å². The molecule has 24 heavy (non-hydrogen) atoms. The smallest absolute Gasteiger partial charge is 0.253 e. The van der Waals surface area contributed by atoms with Gasteiger partial charge in [0.2, 0.25) is 5.89 Å². The van der Waals surface area contributed by atoms with Gasteiger partial charge in [-0.2, -0.15) is 4.98 Å². The first-order valence-corrected chi connectivity index (χ1v) is 7.68. The van der Waals surface area contributed by atoms with Crippen LogP contribution in [0.3, 0.4) is 0 Å². The summed E-state index contributed by atoms with van der Waals surface area (Å²) >= 11 is 0. The minimum Gasteiger partial charge on any atom is -0.342 e. The summed E-state index contributed by atoms with van der Waals surface area (Å²) in [5, 5.41) is 6.68. The number of hydrogen-bond donors (Lipinski definition) is 1. The van der Waals surface area contributed by atoms with Crippen LogP contribution in [-0.4, -0.2) is 21.0 Å². The van der Waals surface area contributed by atoms with Crippen molar-refractivity contribution in [3.8, 4) is 11.3 Å². The van der Waals surface area contributed by atoms with Crippen molar-refractivity contribution in [3.05, 3.63) is 65.4 Å². The van der Waals surface area contributed by atoms with Gasteiger partial charge in [-0.3, -0.25) is 9.78 Å². The van der Waals surface area contributed by atoms with Crippen molar-refractivity contribution >= 4 is 5.91 Å². The number of carbonyl (C=O) groups excluding carboxylic acids is 1. The number of carbonyl (C=O) groups is 1. The van der Waals surface area contributed by atoms with Gasteiger partial charge in [-0.1, -0.05) is 35.5 Å². The zero-order valence-corrected chi connectivity index (χ0v) is 13.8. The zero-order chi connectivity index (χ0) is 17.1. The van der Waals surface area contributed by atoms with Gasteiger partial charge in [-0.25, -0.2) is 0 Å². The Balaban J connectivity index is 1.78. The minimum atomic E-state index is -0.344. The normalized spacial score (nSPS) is 12.0. The molecule has 1 atom stereocenters. The summed E-state index contributed by atoms with van der Waals surface area (Å²) < 4.78 is 4.94. The molecule has 0 aliphatic rings. The molecule has 0 spiro atoms. The Morgan fingerprint density at radius 1 is 1.08 bits per heavy atom. The van der Waals surface area contributed by atoms with Crippen molar-refractivity contribution in [2.75, 3.05) is 0 Å². The van der Waals surface area contributed by atoms with Gasteiger partial charge in [-0.15, -0.1) is 0 Å². The summed E-state index contributed by atoms with van der Waals surface area (Å²) in [4.78, 5) is 21.1. The van der Waals surface area contributed by atoms with Crippen molar-refractivity contribution in [2.24, 2.45) is 0 Å². The number of aromatic nitrogens is 3. The van der Waals surface area contributed by atoms with Crippen LogP contribution in [0.25, 0.3) is 11.3 Å². The van der Waals surface area contributed by atoms with Crippen molar-refractivity contribution in [1.82, 2.24) is 20.4 Å². The molecule has 1 amide bonds. The third-order valence-electron chi connectivity index (χ3n) is 3.68. The highest BCUT2D eigenvalue weighted by molar-refractivity contribution is 5.95. The Hall–Kier alpha value is -3.02. The van der Waals surface area contributed by atoms with Crippen molar-refractivity contribution in [1.29, 1.82) is 0 Å². The van der Waals surface area contributed by atoms with Crippen LogP contribution in [0.5, 0.6) is 0 Å². The Kier molecular flexibility index (Phi) is 4.37. The highest BCUT2D eigenvalue weighted by atomic mass is 16.5. The third kappa shape index (κ3) is 3.32. The highest BCUT2D eigenvalue weighted by Crippen LogP contribution is 2.19. The number of aryl methyl sites for hydroxylation is 2. The number of nitrogens with zero attached hydrogens (tertiary/aromatic N) is 3.